The standard InChI is InChI=1S/C29H32O5/c1-28(2,3)34-27(32)20-25(30)19-26(31)21-33-29(22-13-7-4-8-14-22,23-15-9-5-10-16-23)24-17-11-6-12-18-24/h4-18,26,31H,19-21H2,1-3H3. The lowest BCUT2D eigenvalue weighted by atomic mass is 9.80. The Hall–Kier alpha value is -3.28. The number of ketones is 1. The van der Waals surface area contributed by atoms with Gasteiger partial charge in [-0.3, -0.25) is 9.59 Å². The van der Waals surface area contributed by atoms with Gasteiger partial charge in [0.15, 0.2) is 0 Å². The third-order valence-corrected chi connectivity index (χ3v) is 5.26. The van der Waals surface area contributed by atoms with Gasteiger partial charge in [0.1, 0.15) is 23.4 Å². The van der Waals surface area contributed by atoms with Crippen LogP contribution in [0.1, 0.15) is 50.3 Å². The van der Waals surface area contributed by atoms with E-state index >= 15 is 0 Å². The van der Waals surface area contributed by atoms with Gasteiger partial charge in [-0.05, 0) is 37.5 Å². The minimum absolute atomic E-state index is 0.0985. The summed E-state index contributed by atoms with van der Waals surface area (Å²) in [5, 5.41) is 10.7. The number of benzene rings is 3. The number of carbonyl (C=O) groups excluding carboxylic acids is 2. The van der Waals surface area contributed by atoms with Crippen LogP contribution in [-0.2, 0) is 24.7 Å². The van der Waals surface area contributed by atoms with Crippen molar-refractivity contribution in [2.24, 2.45) is 0 Å². The fourth-order valence-corrected chi connectivity index (χ4v) is 3.92. The van der Waals surface area contributed by atoms with Crippen molar-refractivity contribution in [2.45, 2.75) is 50.9 Å². The Morgan fingerprint density at radius 2 is 1.18 bits per heavy atom. The Balaban J connectivity index is 1.84. The molecule has 0 spiro atoms. The lowest BCUT2D eigenvalue weighted by Crippen LogP contribution is -2.36. The summed E-state index contributed by atoms with van der Waals surface area (Å²) in [4.78, 5) is 24.3. The molecule has 5 nitrogen and oxygen atoms in total. The second-order valence-corrected chi connectivity index (χ2v) is 9.25. The van der Waals surface area contributed by atoms with Crippen LogP contribution in [0.15, 0.2) is 91.0 Å². The van der Waals surface area contributed by atoms with E-state index in [0.717, 1.165) is 16.7 Å². The van der Waals surface area contributed by atoms with E-state index in [1.165, 1.54) is 0 Å². The highest BCUT2D eigenvalue weighted by atomic mass is 16.6. The Morgan fingerprint density at radius 3 is 1.56 bits per heavy atom. The van der Waals surface area contributed by atoms with Crippen molar-refractivity contribution in [3.05, 3.63) is 108 Å². The average molecular weight is 461 g/mol. The van der Waals surface area contributed by atoms with Crippen LogP contribution < -0.4 is 0 Å². The molecule has 3 aromatic carbocycles. The molecular weight excluding hydrogens is 428 g/mol. The Labute approximate surface area is 201 Å². The first kappa shape index (κ1) is 25.3. The summed E-state index contributed by atoms with van der Waals surface area (Å²) in [6.45, 7) is 5.13. The molecule has 0 radical (unpaired) electrons. The molecule has 0 amide bonds. The molecule has 3 aromatic rings. The highest BCUT2D eigenvalue weighted by Gasteiger charge is 2.38. The molecule has 0 fully saturated rings. The van der Waals surface area contributed by atoms with Crippen molar-refractivity contribution in [1.29, 1.82) is 0 Å². The number of carbonyl (C=O) groups is 2. The molecule has 0 saturated heterocycles. The first-order chi connectivity index (χ1) is 16.2. The van der Waals surface area contributed by atoms with E-state index in [4.69, 9.17) is 9.47 Å². The molecule has 5 heteroatoms. The summed E-state index contributed by atoms with van der Waals surface area (Å²) < 4.78 is 11.7. The van der Waals surface area contributed by atoms with E-state index in [9.17, 15) is 14.7 Å². The van der Waals surface area contributed by atoms with Gasteiger partial charge in [0, 0.05) is 6.42 Å². The van der Waals surface area contributed by atoms with Crippen LogP contribution in [0.5, 0.6) is 0 Å². The van der Waals surface area contributed by atoms with Gasteiger partial charge in [-0.2, -0.15) is 0 Å². The molecule has 0 bridgehead atoms. The van der Waals surface area contributed by atoms with Crippen LogP contribution in [-0.4, -0.2) is 35.2 Å². The van der Waals surface area contributed by atoms with Gasteiger partial charge in [-0.25, -0.2) is 0 Å². The summed E-state index contributed by atoms with van der Waals surface area (Å²) in [5.41, 5.74) is 1.05. The summed E-state index contributed by atoms with van der Waals surface area (Å²) >= 11 is 0. The third-order valence-electron chi connectivity index (χ3n) is 5.26. The molecule has 0 aliphatic heterocycles. The molecular formula is C29H32O5. The second-order valence-electron chi connectivity index (χ2n) is 9.25. The van der Waals surface area contributed by atoms with E-state index in [1.807, 2.05) is 91.0 Å². The summed E-state index contributed by atoms with van der Waals surface area (Å²) in [7, 11) is 0. The number of aliphatic hydroxyl groups excluding tert-OH is 1. The molecule has 0 heterocycles. The number of esters is 1. The predicted octanol–water partition coefficient (Wildman–Crippen LogP) is 5.05. The number of rotatable bonds is 10. The molecule has 1 unspecified atom stereocenters. The molecule has 1 N–H and O–H groups in total. The zero-order valence-corrected chi connectivity index (χ0v) is 19.9. The third kappa shape index (κ3) is 6.62. The van der Waals surface area contributed by atoms with Crippen LogP contribution in [0.4, 0.5) is 0 Å². The maximum absolute atomic E-state index is 12.4. The summed E-state index contributed by atoms with van der Waals surface area (Å²) in [5.74, 6) is -0.993. The average Bonchev–Trinajstić information content (AvgIpc) is 2.80. The van der Waals surface area contributed by atoms with Crippen LogP contribution >= 0.6 is 0 Å². The van der Waals surface area contributed by atoms with E-state index in [-0.39, 0.29) is 19.4 Å². The quantitative estimate of drug-likeness (QED) is 0.260. The SMILES string of the molecule is CC(C)(C)OC(=O)CC(=O)CC(O)COC(c1ccccc1)(c1ccccc1)c1ccccc1. The number of Topliss-reactive ketones (excluding diaryl/α,β-unsaturated/α-hetero) is 1. The summed E-state index contributed by atoms with van der Waals surface area (Å²) in [6.07, 6.45) is -1.66. The van der Waals surface area contributed by atoms with Crippen molar-refractivity contribution < 1.29 is 24.2 Å². The predicted molar refractivity (Wildman–Crippen MR) is 131 cm³/mol. The lowest BCUT2D eigenvalue weighted by molar-refractivity contribution is -0.156. The van der Waals surface area contributed by atoms with E-state index in [0.29, 0.717) is 0 Å². The topological polar surface area (TPSA) is 72.8 Å². The normalized spacial score (nSPS) is 12.7. The van der Waals surface area contributed by atoms with E-state index in [1.54, 1.807) is 20.8 Å². The van der Waals surface area contributed by atoms with Gasteiger partial charge in [-0.15, -0.1) is 0 Å². The molecule has 3 rings (SSSR count). The highest BCUT2D eigenvalue weighted by molar-refractivity contribution is 5.95. The largest absolute Gasteiger partial charge is 0.460 e. The Morgan fingerprint density at radius 1 is 0.765 bits per heavy atom. The van der Waals surface area contributed by atoms with Gasteiger partial charge in [0.2, 0.25) is 0 Å². The minimum Gasteiger partial charge on any atom is -0.460 e. The number of ether oxygens (including phenoxy) is 2. The maximum atomic E-state index is 12.4. The van der Waals surface area contributed by atoms with Gasteiger partial charge >= 0.3 is 5.97 Å². The Kier molecular flexibility index (Phi) is 8.37. The molecule has 0 saturated carbocycles. The van der Waals surface area contributed by atoms with Gasteiger partial charge < -0.3 is 14.6 Å². The molecule has 1 atom stereocenters. The number of hydrogen-bond donors (Lipinski definition) is 1. The number of aliphatic hydroxyl groups is 1. The van der Waals surface area contributed by atoms with Crippen molar-refractivity contribution in [3.63, 3.8) is 0 Å². The molecule has 0 aliphatic rings. The van der Waals surface area contributed by atoms with Crippen LogP contribution in [0.3, 0.4) is 0 Å². The van der Waals surface area contributed by atoms with Crippen molar-refractivity contribution in [3.8, 4) is 0 Å². The first-order valence-corrected chi connectivity index (χ1v) is 11.4. The van der Waals surface area contributed by atoms with Crippen LogP contribution in [0.25, 0.3) is 0 Å². The monoisotopic (exact) mass is 460 g/mol. The van der Waals surface area contributed by atoms with Gasteiger partial charge in [0.05, 0.1) is 12.7 Å². The Bertz CT molecular complexity index is 959. The summed E-state index contributed by atoms with van der Waals surface area (Å²) in [6, 6.07) is 29.4. The molecule has 34 heavy (non-hydrogen) atoms. The zero-order valence-electron chi connectivity index (χ0n) is 19.9. The first-order valence-electron chi connectivity index (χ1n) is 11.4. The maximum Gasteiger partial charge on any atom is 0.313 e. The van der Waals surface area contributed by atoms with Gasteiger partial charge in [-0.1, -0.05) is 91.0 Å². The molecule has 0 aromatic heterocycles. The molecule has 0 aliphatic carbocycles. The minimum atomic E-state index is -1.08. The lowest BCUT2D eigenvalue weighted by Gasteiger charge is -2.36. The second kappa shape index (κ2) is 11.2. The van der Waals surface area contributed by atoms with Crippen LogP contribution in [0, 0.1) is 0 Å². The fraction of sp³-hybridized carbons (Fsp3) is 0.310. The van der Waals surface area contributed by atoms with Crippen molar-refractivity contribution >= 4 is 11.8 Å². The highest BCUT2D eigenvalue weighted by Crippen LogP contribution is 2.40. The van der Waals surface area contributed by atoms with E-state index in [2.05, 4.69) is 0 Å². The van der Waals surface area contributed by atoms with Gasteiger partial charge in [0.25, 0.3) is 0 Å². The molecule has 178 valence electrons. The number of hydrogen-bond acceptors (Lipinski definition) is 5. The zero-order chi connectivity index (χ0) is 24.6. The van der Waals surface area contributed by atoms with Crippen molar-refractivity contribution in [2.75, 3.05) is 6.61 Å². The van der Waals surface area contributed by atoms with Crippen molar-refractivity contribution in [1.82, 2.24) is 0 Å². The van der Waals surface area contributed by atoms with Crippen LogP contribution in [0.2, 0.25) is 0 Å². The fourth-order valence-electron chi connectivity index (χ4n) is 3.92. The smallest absolute Gasteiger partial charge is 0.313 e. The van der Waals surface area contributed by atoms with E-state index < -0.39 is 29.1 Å².